The Labute approximate surface area is 120 Å². The highest BCUT2D eigenvalue weighted by atomic mass is 16.5. The first-order valence-corrected chi connectivity index (χ1v) is 6.83. The molecule has 0 atom stereocenters. The molecule has 104 valence electrons. The zero-order chi connectivity index (χ0) is 14.5. The summed E-state index contributed by atoms with van der Waals surface area (Å²) in [5.41, 5.74) is 4.51. The molecule has 0 aliphatic rings. The molecule has 0 unspecified atom stereocenters. The fourth-order valence-electron chi connectivity index (χ4n) is 2.30. The van der Waals surface area contributed by atoms with E-state index in [1.807, 2.05) is 24.3 Å². The molecule has 0 aromatic heterocycles. The zero-order valence-electron chi connectivity index (χ0n) is 12.3. The molecule has 2 heteroatoms. The van der Waals surface area contributed by atoms with Crippen LogP contribution in [0.4, 0.5) is 0 Å². The van der Waals surface area contributed by atoms with Crippen LogP contribution >= 0.6 is 0 Å². The number of benzene rings is 2. The van der Waals surface area contributed by atoms with Gasteiger partial charge in [-0.15, -0.1) is 0 Å². The number of carbonyl (C=O) groups is 1. The van der Waals surface area contributed by atoms with E-state index in [1.165, 1.54) is 16.7 Å². The van der Waals surface area contributed by atoms with Crippen LogP contribution < -0.4 is 4.74 Å². The molecule has 0 N–H and O–H groups in total. The van der Waals surface area contributed by atoms with Gasteiger partial charge in [0.2, 0.25) is 0 Å². The lowest BCUT2D eigenvalue weighted by molar-refractivity contribution is 0.0983. The Morgan fingerprint density at radius 1 is 1.05 bits per heavy atom. The van der Waals surface area contributed by atoms with Crippen LogP contribution in [0, 0.1) is 13.8 Å². The molecule has 2 aromatic carbocycles. The van der Waals surface area contributed by atoms with Crippen molar-refractivity contribution in [3.63, 3.8) is 0 Å². The number of methoxy groups -OCH3 is 1. The van der Waals surface area contributed by atoms with Gasteiger partial charge in [-0.25, -0.2) is 0 Å². The van der Waals surface area contributed by atoms with Crippen LogP contribution in [0.1, 0.15) is 33.5 Å². The predicted octanol–water partition coefficient (Wildman–Crippen LogP) is 4.13. The molecule has 2 nitrogen and oxygen atoms in total. The van der Waals surface area contributed by atoms with Crippen LogP contribution in [0.25, 0.3) is 0 Å². The van der Waals surface area contributed by atoms with E-state index in [9.17, 15) is 4.79 Å². The maximum atomic E-state index is 12.2. The van der Waals surface area contributed by atoms with E-state index >= 15 is 0 Å². The Morgan fingerprint density at radius 3 is 2.35 bits per heavy atom. The minimum Gasteiger partial charge on any atom is -0.497 e. The standard InChI is InChI=1S/C18H20O2/c1-13-4-5-15(14(2)12-13)8-11-18(19)16-6-9-17(20-3)10-7-16/h4-7,9-10,12H,8,11H2,1-3H3. The first kappa shape index (κ1) is 14.3. The third kappa shape index (κ3) is 3.47. The SMILES string of the molecule is COc1ccc(C(=O)CCc2ccc(C)cc2C)cc1. The first-order chi connectivity index (χ1) is 9.60. The topological polar surface area (TPSA) is 26.3 Å². The van der Waals surface area contributed by atoms with E-state index in [1.54, 1.807) is 7.11 Å². The normalized spacial score (nSPS) is 10.3. The second-order valence-corrected chi connectivity index (χ2v) is 5.08. The van der Waals surface area contributed by atoms with Crippen LogP contribution in [0.3, 0.4) is 0 Å². The van der Waals surface area contributed by atoms with Crippen molar-refractivity contribution in [2.75, 3.05) is 7.11 Å². The molecule has 0 spiro atoms. The monoisotopic (exact) mass is 268 g/mol. The van der Waals surface area contributed by atoms with Crippen LogP contribution in [-0.2, 0) is 6.42 Å². The summed E-state index contributed by atoms with van der Waals surface area (Å²) in [6.07, 6.45) is 1.33. The van der Waals surface area contributed by atoms with Crippen LogP contribution in [0.2, 0.25) is 0 Å². The van der Waals surface area contributed by atoms with Crippen molar-refractivity contribution >= 4 is 5.78 Å². The number of ether oxygens (including phenoxy) is 1. The number of hydrogen-bond donors (Lipinski definition) is 0. The van der Waals surface area contributed by atoms with Gasteiger partial charge in [0.1, 0.15) is 5.75 Å². The van der Waals surface area contributed by atoms with E-state index in [4.69, 9.17) is 4.74 Å². The summed E-state index contributed by atoms with van der Waals surface area (Å²) < 4.78 is 5.09. The largest absolute Gasteiger partial charge is 0.497 e. The Bertz CT molecular complexity index is 597. The highest BCUT2D eigenvalue weighted by molar-refractivity contribution is 5.96. The number of ketones is 1. The Kier molecular flexibility index (Phi) is 4.57. The highest BCUT2D eigenvalue weighted by Gasteiger charge is 2.07. The summed E-state index contributed by atoms with van der Waals surface area (Å²) in [5.74, 6) is 0.948. The second kappa shape index (κ2) is 6.38. The Hall–Kier alpha value is -2.09. The predicted molar refractivity (Wildman–Crippen MR) is 81.6 cm³/mol. The van der Waals surface area contributed by atoms with Gasteiger partial charge in [-0.05, 0) is 55.7 Å². The molecule has 0 fully saturated rings. The van der Waals surface area contributed by atoms with Gasteiger partial charge in [0, 0.05) is 12.0 Å². The molecule has 0 saturated heterocycles. The Morgan fingerprint density at radius 2 is 1.75 bits per heavy atom. The average Bonchev–Trinajstić information content (AvgIpc) is 2.46. The summed E-state index contributed by atoms with van der Waals surface area (Å²) in [5, 5.41) is 0. The van der Waals surface area contributed by atoms with Crippen molar-refractivity contribution in [2.45, 2.75) is 26.7 Å². The van der Waals surface area contributed by atoms with Crippen molar-refractivity contribution in [1.82, 2.24) is 0 Å². The maximum absolute atomic E-state index is 12.2. The van der Waals surface area contributed by atoms with Crippen molar-refractivity contribution in [1.29, 1.82) is 0 Å². The minimum absolute atomic E-state index is 0.174. The van der Waals surface area contributed by atoms with Gasteiger partial charge in [-0.3, -0.25) is 4.79 Å². The summed E-state index contributed by atoms with van der Waals surface area (Å²) in [6.45, 7) is 4.18. The molecule has 0 aliphatic carbocycles. The minimum atomic E-state index is 0.174. The zero-order valence-corrected chi connectivity index (χ0v) is 12.3. The maximum Gasteiger partial charge on any atom is 0.163 e. The lowest BCUT2D eigenvalue weighted by Gasteiger charge is -2.07. The summed E-state index contributed by atoms with van der Waals surface area (Å²) in [7, 11) is 1.62. The van der Waals surface area contributed by atoms with E-state index in [-0.39, 0.29) is 5.78 Å². The van der Waals surface area contributed by atoms with Crippen LogP contribution in [-0.4, -0.2) is 12.9 Å². The number of rotatable bonds is 5. The van der Waals surface area contributed by atoms with Crippen molar-refractivity contribution < 1.29 is 9.53 Å². The van der Waals surface area contributed by atoms with Gasteiger partial charge in [-0.2, -0.15) is 0 Å². The molecule has 2 rings (SSSR count). The van der Waals surface area contributed by atoms with Gasteiger partial charge in [0.15, 0.2) is 5.78 Å². The molecule has 0 aliphatic heterocycles. The lowest BCUT2D eigenvalue weighted by atomic mass is 9.98. The van der Waals surface area contributed by atoms with E-state index in [0.717, 1.165) is 17.7 Å². The molecule has 0 saturated carbocycles. The molecular weight excluding hydrogens is 248 g/mol. The van der Waals surface area contributed by atoms with Crippen LogP contribution in [0.15, 0.2) is 42.5 Å². The lowest BCUT2D eigenvalue weighted by Crippen LogP contribution is -2.02. The molecular formula is C18H20O2. The van der Waals surface area contributed by atoms with E-state index in [0.29, 0.717) is 6.42 Å². The summed E-state index contributed by atoms with van der Waals surface area (Å²) in [6, 6.07) is 13.7. The van der Waals surface area contributed by atoms with E-state index < -0.39 is 0 Å². The van der Waals surface area contributed by atoms with Crippen molar-refractivity contribution in [3.05, 3.63) is 64.7 Å². The van der Waals surface area contributed by atoms with Crippen molar-refractivity contribution in [3.8, 4) is 5.75 Å². The van der Waals surface area contributed by atoms with Gasteiger partial charge < -0.3 is 4.74 Å². The number of carbonyl (C=O) groups excluding carboxylic acids is 1. The van der Waals surface area contributed by atoms with Gasteiger partial charge in [0.05, 0.1) is 7.11 Å². The summed E-state index contributed by atoms with van der Waals surface area (Å²) in [4.78, 5) is 12.2. The summed E-state index contributed by atoms with van der Waals surface area (Å²) >= 11 is 0. The third-order valence-electron chi connectivity index (χ3n) is 3.53. The quantitative estimate of drug-likeness (QED) is 0.762. The van der Waals surface area contributed by atoms with Crippen LogP contribution in [0.5, 0.6) is 5.75 Å². The van der Waals surface area contributed by atoms with E-state index in [2.05, 4.69) is 32.0 Å². The molecule has 20 heavy (non-hydrogen) atoms. The first-order valence-electron chi connectivity index (χ1n) is 6.83. The fourth-order valence-corrected chi connectivity index (χ4v) is 2.30. The number of aryl methyl sites for hydroxylation is 3. The smallest absolute Gasteiger partial charge is 0.163 e. The molecule has 0 heterocycles. The number of Topliss-reactive ketones (excluding diaryl/α,β-unsaturated/α-hetero) is 1. The highest BCUT2D eigenvalue weighted by Crippen LogP contribution is 2.16. The molecule has 0 bridgehead atoms. The van der Waals surface area contributed by atoms with Crippen molar-refractivity contribution in [2.24, 2.45) is 0 Å². The number of hydrogen-bond acceptors (Lipinski definition) is 2. The van der Waals surface area contributed by atoms with Gasteiger partial charge >= 0.3 is 0 Å². The fraction of sp³-hybridized carbons (Fsp3) is 0.278. The Balaban J connectivity index is 2.00. The molecule has 0 radical (unpaired) electrons. The average molecular weight is 268 g/mol. The van der Waals surface area contributed by atoms with Gasteiger partial charge in [0.25, 0.3) is 0 Å². The molecule has 0 amide bonds. The van der Waals surface area contributed by atoms with Gasteiger partial charge in [-0.1, -0.05) is 23.8 Å². The molecule has 2 aromatic rings. The second-order valence-electron chi connectivity index (χ2n) is 5.08. The third-order valence-corrected chi connectivity index (χ3v) is 3.53.